The molecule has 0 aliphatic heterocycles. The van der Waals surface area contributed by atoms with Crippen LogP contribution in [0.3, 0.4) is 0 Å². The van der Waals surface area contributed by atoms with Crippen LogP contribution in [0.2, 0.25) is 0 Å². The first-order valence-electron chi connectivity index (χ1n) is 16.7. The summed E-state index contributed by atoms with van der Waals surface area (Å²) in [7, 11) is 0. The fourth-order valence-electron chi connectivity index (χ4n) is 6.60. The lowest BCUT2D eigenvalue weighted by atomic mass is 9.99. The van der Waals surface area contributed by atoms with Gasteiger partial charge in [-0.1, -0.05) is 152 Å². The van der Waals surface area contributed by atoms with E-state index in [0.717, 1.165) is 66.6 Å². The molecule has 234 valence electrons. The van der Waals surface area contributed by atoms with Gasteiger partial charge in [-0.3, -0.25) is 0 Å². The minimum atomic E-state index is 0.655. The van der Waals surface area contributed by atoms with Crippen molar-refractivity contribution in [2.24, 2.45) is 0 Å². The van der Waals surface area contributed by atoms with E-state index >= 15 is 0 Å². The van der Waals surface area contributed by atoms with E-state index in [9.17, 15) is 0 Å². The van der Waals surface area contributed by atoms with Gasteiger partial charge in [0.05, 0.1) is 22.4 Å². The van der Waals surface area contributed by atoms with Gasteiger partial charge in [0.15, 0.2) is 11.6 Å². The van der Waals surface area contributed by atoms with Crippen molar-refractivity contribution >= 4 is 21.8 Å². The van der Waals surface area contributed by atoms with Gasteiger partial charge in [0, 0.05) is 33.0 Å². The summed E-state index contributed by atoms with van der Waals surface area (Å²) in [5.41, 5.74) is 12.1. The van der Waals surface area contributed by atoms with E-state index in [2.05, 4.69) is 140 Å². The van der Waals surface area contributed by atoms with Crippen molar-refractivity contribution in [3.63, 3.8) is 0 Å². The fraction of sp³-hybridized carbons (Fsp3) is 0. The first-order chi connectivity index (χ1) is 24.8. The summed E-state index contributed by atoms with van der Waals surface area (Å²) < 4.78 is 0. The summed E-state index contributed by atoms with van der Waals surface area (Å²) in [6.45, 7) is 0. The molecule has 0 saturated heterocycles. The van der Waals surface area contributed by atoms with Gasteiger partial charge in [0.2, 0.25) is 0 Å². The van der Waals surface area contributed by atoms with Crippen molar-refractivity contribution < 1.29 is 0 Å². The van der Waals surface area contributed by atoms with Gasteiger partial charge >= 0.3 is 0 Å². The third-order valence-electron chi connectivity index (χ3n) is 9.07. The zero-order valence-corrected chi connectivity index (χ0v) is 27.1. The number of rotatable bonds is 6. The van der Waals surface area contributed by atoms with Crippen molar-refractivity contribution in [1.29, 1.82) is 0 Å². The number of para-hydroxylation sites is 2. The standard InChI is InChI=1S/C46H30N4/c1-3-14-31(15-4-1)33-18-11-20-35(28-33)43-39-24-7-9-26-41(39)47-45(49-43)37-22-13-23-38(30-37)46-48-42-27-10-8-25-40(42)44(50-46)36-21-12-19-34(29-36)32-16-5-2-6-17-32/h1-30H. The summed E-state index contributed by atoms with van der Waals surface area (Å²) in [6.07, 6.45) is 0. The second-order valence-corrected chi connectivity index (χ2v) is 12.3. The molecule has 0 spiro atoms. The predicted octanol–water partition coefficient (Wildman–Crippen LogP) is 11.6. The lowest BCUT2D eigenvalue weighted by molar-refractivity contribution is 1.21. The summed E-state index contributed by atoms with van der Waals surface area (Å²) in [4.78, 5) is 20.5. The highest BCUT2D eigenvalue weighted by molar-refractivity contribution is 5.96. The van der Waals surface area contributed by atoms with E-state index in [1.165, 1.54) is 11.1 Å². The molecule has 50 heavy (non-hydrogen) atoms. The normalized spacial score (nSPS) is 11.2. The topological polar surface area (TPSA) is 51.6 Å². The molecule has 0 unspecified atom stereocenters. The quantitative estimate of drug-likeness (QED) is 0.182. The monoisotopic (exact) mass is 638 g/mol. The highest BCUT2D eigenvalue weighted by atomic mass is 14.9. The van der Waals surface area contributed by atoms with Gasteiger partial charge in [-0.2, -0.15) is 0 Å². The predicted molar refractivity (Wildman–Crippen MR) is 205 cm³/mol. The molecular weight excluding hydrogens is 609 g/mol. The minimum Gasteiger partial charge on any atom is -0.228 e. The SMILES string of the molecule is c1ccc(-c2cccc(-c3nc(-c4cccc(-c5nc(-c6cccc(-c7ccccc7)c6)c6ccccc6n5)c4)nc4ccccc34)c2)cc1. The van der Waals surface area contributed by atoms with E-state index in [-0.39, 0.29) is 0 Å². The maximum atomic E-state index is 5.21. The Kier molecular flexibility index (Phi) is 7.45. The second kappa shape index (κ2) is 12.7. The van der Waals surface area contributed by atoms with Crippen LogP contribution in [0, 0.1) is 0 Å². The van der Waals surface area contributed by atoms with E-state index in [0.29, 0.717) is 11.6 Å². The van der Waals surface area contributed by atoms with Crippen LogP contribution >= 0.6 is 0 Å². The number of hydrogen-bond donors (Lipinski definition) is 0. The Labute approximate surface area is 290 Å². The molecule has 2 heterocycles. The van der Waals surface area contributed by atoms with Crippen LogP contribution in [0.4, 0.5) is 0 Å². The Hall–Kier alpha value is -6.78. The van der Waals surface area contributed by atoms with Crippen molar-refractivity contribution in [3.8, 4) is 67.5 Å². The smallest absolute Gasteiger partial charge is 0.160 e. The highest BCUT2D eigenvalue weighted by Gasteiger charge is 2.16. The number of nitrogens with zero attached hydrogens (tertiary/aromatic N) is 4. The first-order valence-corrected chi connectivity index (χ1v) is 16.7. The second-order valence-electron chi connectivity index (χ2n) is 12.3. The lowest BCUT2D eigenvalue weighted by Gasteiger charge is -2.12. The number of hydrogen-bond acceptors (Lipinski definition) is 4. The maximum Gasteiger partial charge on any atom is 0.160 e. The number of benzene rings is 7. The average Bonchev–Trinajstić information content (AvgIpc) is 3.21. The highest BCUT2D eigenvalue weighted by Crippen LogP contribution is 2.35. The Morgan fingerprint density at radius 1 is 0.240 bits per heavy atom. The third-order valence-corrected chi connectivity index (χ3v) is 9.07. The lowest BCUT2D eigenvalue weighted by Crippen LogP contribution is -1.97. The molecule has 0 aliphatic carbocycles. The van der Waals surface area contributed by atoms with Crippen LogP contribution in [-0.4, -0.2) is 19.9 Å². The molecule has 2 aromatic heterocycles. The largest absolute Gasteiger partial charge is 0.228 e. The zero-order valence-electron chi connectivity index (χ0n) is 27.1. The Morgan fingerprint density at radius 3 is 1.04 bits per heavy atom. The number of fused-ring (bicyclic) bond motifs is 2. The van der Waals surface area contributed by atoms with Gasteiger partial charge < -0.3 is 0 Å². The van der Waals surface area contributed by atoms with E-state index in [1.54, 1.807) is 0 Å². The third kappa shape index (κ3) is 5.59. The molecule has 0 radical (unpaired) electrons. The molecular formula is C46H30N4. The molecule has 9 rings (SSSR count). The molecule has 9 aromatic rings. The maximum absolute atomic E-state index is 5.21. The van der Waals surface area contributed by atoms with Gasteiger partial charge in [-0.25, -0.2) is 19.9 Å². The Morgan fingerprint density at radius 2 is 0.580 bits per heavy atom. The van der Waals surface area contributed by atoms with Crippen LogP contribution in [0.25, 0.3) is 89.4 Å². The molecule has 0 aliphatic rings. The van der Waals surface area contributed by atoms with Crippen LogP contribution in [0.5, 0.6) is 0 Å². The van der Waals surface area contributed by atoms with Gasteiger partial charge in [0.25, 0.3) is 0 Å². The van der Waals surface area contributed by atoms with E-state index in [4.69, 9.17) is 19.9 Å². The summed E-state index contributed by atoms with van der Waals surface area (Å²) >= 11 is 0. The van der Waals surface area contributed by atoms with Gasteiger partial charge in [0.1, 0.15) is 0 Å². The zero-order chi connectivity index (χ0) is 33.3. The van der Waals surface area contributed by atoms with Gasteiger partial charge in [-0.15, -0.1) is 0 Å². The molecule has 0 saturated carbocycles. The Balaban J connectivity index is 1.16. The van der Waals surface area contributed by atoms with Crippen LogP contribution in [0.1, 0.15) is 0 Å². The molecule has 0 fully saturated rings. The molecule has 7 aromatic carbocycles. The molecule has 0 amide bonds. The first kappa shape index (κ1) is 29.4. The summed E-state index contributed by atoms with van der Waals surface area (Å²) in [5.74, 6) is 1.31. The molecule has 0 atom stereocenters. The molecule has 4 heteroatoms. The molecule has 0 bridgehead atoms. The number of aromatic nitrogens is 4. The van der Waals surface area contributed by atoms with Crippen molar-refractivity contribution in [3.05, 3.63) is 182 Å². The Bertz CT molecular complexity index is 2470. The molecule has 0 N–H and O–H groups in total. The average molecular weight is 639 g/mol. The van der Waals surface area contributed by atoms with Crippen molar-refractivity contribution in [2.75, 3.05) is 0 Å². The minimum absolute atomic E-state index is 0.655. The van der Waals surface area contributed by atoms with Crippen LogP contribution in [0.15, 0.2) is 182 Å². The van der Waals surface area contributed by atoms with E-state index < -0.39 is 0 Å². The van der Waals surface area contributed by atoms with Crippen molar-refractivity contribution in [1.82, 2.24) is 19.9 Å². The van der Waals surface area contributed by atoms with Crippen LogP contribution < -0.4 is 0 Å². The molecule has 4 nitrogen and oxygen atoms in total. The van der Waals surface area contributed by atoms with Crippen molar-refractivity contribution in [2.45, 2.75) is 0 Å². The van der Waals surface area contributed by atoms with Crippen LogP contribution in [-0.2, 0) is 0 Å². The summed E-state index contributed by atoms with van der Waals surface area (Å²) in [6, 6.07) is 62.7. The summed E-state index contributed by atoms with van der Waals surface area (Å²) in [5, 5.41) is 2.02. The van der Waals surface area contributed by atoms with E-state index in [1.807, 2.05) is 42.5 Å². The fourth-order valence-corrected chi connectivity index (χ4v) is 6.60. The van der Waals surface area contributed by atoms with Gasteiger partial charge in [-0.05, 0) is 52.6 Å².